The highest BCUT2D eigenvalue weighted by atomic mass is 35.5. The van der Waals surface area contributed by atoms with E-state index in [1.54, 1.807) is 0 Å². The third-order valence-electron chi connectivity index (χ3n) is 3.86. The van der Waals surface area contributed by atoms with Gasteiger partial charge < -0.3 is 5.32 Å². The van der Waals surface area contributed by atoms with Gasteiger partial charge in [0.05, 0.1) is 11.1 Å². The van der Waals surface area contributed by atoms with E-state index in [1.807, 2.05) is 10.9 Å². The number of hydrogen-bond acceptors (Lipinski definition) is 2. The molecular formula is C16H20ClN3. The predicted octanol–water partition coefficient (Wildman–Crippen LogP) is 3.46. The SMILES string of the molecule is CC(C)n1ccc(CNC2c3ccccc3CC2Cl)n1. The van der Waals surface area contributed by atoms with Gasteiger partial charge in [0.1, 0.15) is 0 Å². The van der Waals surface area contributed by atoms with Gasteiger partial charge in [-0.15, -0.1) is 11.6 Å². The van der Waals surface area contributed by atoms with Crippen LogP contribution in [0.25, 0.3) is 0 Å². The lowest BCUT2D eigenvalue weighted by atomic mass is 10.1. The lowest BCUT2D eigenvalue weighted by molar-refractivity contribution is 0.502. The molecule has 1 aromatic carbocycles. The van der Waals surface area contributed by atoms with E-state index in [4.69, 9.17) is 11.6 Å². The molecule has 0 aliphatic heterocycles. The summed E-state index contributed by atoms with van der Waals surface area (Å²) in [7, 11) is 0. The van der Waals surface area contributed by atoms with Crippen LogP contribution in [0.3, 0.4) is 0 Å². The maximum Gasteiger partial charge on any atom is 0.0762 e. The summed E-state index contributed by atoms with van der Waals surface area (Å²) < 4.78 is 1.98. The second kappa shape index (κ2) is 5.58. The fourth-order valence-corrected chi connectivity index (χ4v) is 3.15. The average molecular weight is 290 g/mol. The van der Waals surface area contributed by atoms with E-state index in [-0.39, 0.29) is 11.4 Å². The van der Waals surface area contributed by atoms with Crippen LogP contribution in [0.1, 0.15) is 42.8 Å². The molecule has 106 valence electrons. The second-order valence-corrected chi connectivity index (χ2v) is 6.22. The van der Waals surface area contributed by atoms with Crippen molar-refractivity contribution in [1.82, 2.24) is 15.1 Å². The van der Waals surface area contributed by atoms with E-state index in [2.05, 4.69) is 54.6 Å². The standard InChI is InChI=1S/C16H20ClN3/c1-11(2)20-8-7-13(19-20)10-18-16-14-6-4-3-5-12(14)9-15(16)17/h3-8,11,15-16,18H,9-10H2,1-2H3. The number of benzene rings is 1. The molecule has 2 aromatic rings. The number of halogens is 1. The number of hydrogen-bond donors (Lipinski definition) is 1. The number of fused-ring (bicyclic) bond motifs is 1. The van der Waals surface area contributed by atoms with E-state index < -0.39 is 0 Å². The number of nitrogens with zero attached hydrogens (tertiary/aromatic N) is 2. The Morgan fingerprint density at radius 1 is 1.35 bits per heavy atom. The third kappa shape index (κ3) is 2.60. The van der Waals surface area contributed by atoms with Gasteiger partial charge >= 0.3 is 0 Å². The zero-order chi connectivity index (χ0) is 14.1. The molecule has 3 rings (SSSR count). The Bertz CT molecular complexity index is 591. The van der Waals surface area contributed by atoms with Crippen molar-refractivity contribution >= 4 is 11.6 Å². The fraction of sp³-hybridized carbons (Fsp3) is 0.438. The summed E-state index contributed by atoms with van der Waals surface area (Å²) in [6.45, 7) is 5.01. The Balaban J connectivity index is 1.69. The predicted molar refractivity (Wildman–Crippen MR) is 82.0 cm³/mol. The molecule has 0 amide bonds. The molecule has 20 heavy (non-hydrogen) atoms. The van der Waals surface area contributed by atoms with Crippen molar-refractivity contribution in [3.8, 4) is 0 Å². The van der Waals surface area contributed by atoms with E-state index in [0.717, 1.165) is 18.7 Å². The molecule has 0 spiro atoms. The van der Waals surface area contributed by atoms with Gasteiger partial charge in [0.15, 0.2) is 0 Å². The minimum atomic E-state index is 0.125. The van der Waals surface area contributed by atoms with Gasteiger partial charge in [-0.1, -0.05) is 24.3 Å². The van der Waals surface area contributed by atoms with Crippen LogP contribution in [0.4, 0.5) is 0 Å². The Labute approximate surface area is 124 Å². The Morgan fingerprint density at radius 3 is 2.90 bits per heavy atom. The number of aromatic nitrogens is 2. The van der Waals surface area contributed by atoms with Gasteiger partial charge in [-0.25, -0.2) is 0 Å². The molecular weight excluding hydrogens is 270 g/mol. The van der Waals surface area contributed by atoms with Crippen LogP contribution in [-0.2, 0) is 13.0 Å². The normalized spacial score (nSPS) is 21.4. The second-order valence-electron chi connectivity index (χ2n) is 5.66. The Hall–Kier alpha value is -1.32. The van der Waals surface area contributed by atoms with Gasteiger partial charge in [-0.3, -0.25) is 4.68 Å². The van der Waals surface area contributed by atoms with Crippen molar-refractivity contribution in [2.75, 3.05) is 0 Å². The lowest BCUT2D eigenvalue weighted by Crippen LogP contribution is -2.25. The molecule has 0 saturated carbocycles. The first kappa shape index (κ1) is 13.7. The van der Waals surface area contributed by atoms with E-state index in [9.17, 15) is 0 Å². The highest BCUT2D eigenvalue weighted by molar-refractivity contribution is 6.21. The van der Waals surface area contributed by atoms with E-state index in [1.165, 1.54) is 11.1 Å². The van der Waals surface area contributed by atoms with Crippen molar-refractivity contribution in [3.63, 3.8) is 0 Å². The maximum absolute atomic E-state index is 6.48. The minimum Gasteiger partial charge on any atom is -0.303 e. The molecule has 0 saturated heterocycles. The molecule has 0 radical (unpaired) electrons. The Kier molecular flexibility index (Phi) is 3.81. The van der Waals surface area contributed by atoms with Crippen LogP contribution < -0.4 is 5.32 Å². The summed E-state index contributed by atoms with van der Waals surface area (Å²) in [5.74, 6) is 0. The quantitative estimate of drug-likeness (QED) is 0.874. The molecule has 0 bridgehead atoms. The van der Waals surface area contributed by atoms with Crippen molar-refractivity contribution in [2.24, 2.45) is 0 Å². The molecule has 2 unspecified atom stereocenters. The molecule has 2 atom stereocenters. The van der Waals surface area contributed by atoms with Crippen LogP contribution in [0.2, 0.25) is 0 Å². The van der Waals surface area contributed by atoms with Crippen molar-refractivity contribution in [2.45, 2.75) is 44.3 Å². The molecule has 0 fully saturated rings. The van der Waals surface area contributed by atoms with Crippen molar-refractivity contribution < 1.29 is 0 Å². The number of rotatable bonds is 4. The highest BCUT2D eigenvalue weighted by Crippen LogP contribution is 2.34. The van der Waals surface area contributed by atoms with E-state index >= 15 is 0 Å². The Morgan fingerprint density at radius 2 is 2.15 bits per heavy atom. The number of nitrogens with one attached hydrogen (secondary N) is 1. The largest absolute Gasteiger partial charge is 0.303 e. The fourth-order valence-electron chi connectivity index (χ4n) is 2.76. The smallest absolute Gasteiger partial charge is 0.0762 e. The molecule has 1 aromatic heterocycles. The molecule has 3 nitrogen and oxygen atoms in total. The highest BCUT2D eigenvalue weighted by Gasteiger charge is 2.30. The summed E-state index contributed by atoms with van der Waals surface area (Å²) in [6.07, 6.45) is 2.97. The lowest BCUT2D eigenvalue weighted by Gasteiger charge is -2.16. The summed E-state index contributed by atoms with van der Waals surface area (Å²) >= 11 is 6.48. The van der Waals surface area contributed by atoms with Crippen LogP contribution >= 0.6 is 11.6 Å². The zero-order valence-corrected chi connectivity index (χ0v) is 12.6. The molecule has 1 aliphatic rings. The third-order valence-corrected chi connectivity index (χ3v) is 4.27. The van der Waals surface area contributed by atoms with Crippen LogP contribution in [0, 0.1) is 0 Å². The van der Waals surface area contributed by atoms with Crippen LogP contribution in [0.15, 0.2) is 36.5 Å². The van der Waals surface area contributed by atoms with Crippen molar-refractivity contribution in [3.05, 3.63) is 53.3 Å². The first-order valence-electron chi connectivity index (χ1n) is 7.14. The average Bonchev–Trinajstić information content (AvgIpc) is 3.00. The van der Waals surface area contributed by atoms with Crippen molar-refractivity contribution in [1.29, 1.82) is 0 Å². The monoisotopic (exact) mass is 289 g/mol. The van der Waals surface area contributed by atoms with Gasteiger partial charge in [0.2, 0.25) is 0 Å². The molecule has 1 N–H and O–H groups in total. The molecule has 1 aliphatic carbocycles. The summed E-state index contributed by atoms with van der Waals surface area (Å²) in [4.78, 5) is 0. The topological polar surface area (TPSA) is 29.9 Å². The maximum atomic E-state index is 6.48. The van der Waals surface area contributed by atoms with Gasteiger partial charge in [0.25, 0.3) is 0 Å². The summed E-state index contributed by atoms with van der Waals surface area (Å²) in [5.41, 5.74) is 3.75. The zero-order valence-electron chi connectivity index (χ0n) is 11.9. The van der Waals surface area contributed by atoms with E-state index in [0.29, 0.717) is 6.04 Å². The summed E-state index contributed by atoms with van der Waals surface area (Å²) in [6, 6.07) is 11.2. The molecule has 1 heterocycles. The molecule has 4 heteroatoms. The van der Waals surface area contributed by atoms with Gasteiger partial charge in [0, 0.05) is 24.8 Å². The first-order valence-corrected chi connectivity index (χ1v) is 7.58. The van der Waals surface area contributed by atoms with Gasteiger partial charge in [-0.2, -0.15) is 5.10 Å². The minimum absolute atomic E-state index is 0.125. The van der Waals surface area contributed by atoms with Gasteiger partial charge in [-0.05, 0) is 37.5 Å². The first-order chi connectivity index (χ1) is 9.65. The van der Waals surface area contributed by atoms with Crippen LogP contribution in [0.5, 0.6) is 0 Å². The van der Waals surface area contributed by atoms with Crippen LogP contribution in [-0.4, -0.2) is 15.2 Å². The summed E-state index contributed by atoms with van der Waals surface area (Å²) in [5, 5.41) is 8.24. The number of alkyl halides is 1.